The summed E-state index contributed by atoms with van der Waals surface area (Å²) < 4.78 is 68.4. The van der Waals surface area contributed by atoms with Crippen LogP contribution in [0.25, 0.3) is 0 Å². The Balaban J connectivity index is 5.24. The lowest BCUT2D eigenvalue weighted by molar-refractivity contribution is -0.161. The first kappa shape index (κ1) is 89.1. The van der Waals surface area contributed by atoms with Gasteiger partial charge < -0.3 is 33.8 Å². The molecule has 0 saturated carbocycles. The molecule has 0 bridgehead atoms. The lowest BCUT2D eigenvalue weighted by Crippen LogP contribution is -2.30. The van der Waals surface area contributed by atoms with E-state index in [0.29, 0.717) is 25.7 Å². The Morgan fingerprint density at radius 1 is 0.319 bits per heavy atom. The van der Waals surface area contributed by atoms with E-state index in [1.165, 1.54) is 180 Å². The van der Waals surface area contributed by atoms with Crippen molar-refractivity contribution in [1.29, 1.82) is 0 Å². The Labute approximate surface area is 556 Å². The average Bonchev–Trinajstić information content (AvgIpc) is 3.10. The summed E-state index contributed by atoms with van der Waals surface area (Å²) in [6.07, 6.45) is 50.0. The van der Waals surface area contributed by atoms with Crippen molar-refractivity contribution < 1.29 is 80.2 Å². The molecule has 91 heavy (non-hydrogen) atoms. The maximum atomic E-state index is 13.0. The number of aliphatic hydroxyl groups excluding tert-OH is 1. The third-order valence-corrected chi connectivity index (χ3v) is 19.0. The minimum absolute atomic E-state index is 0.104. The summed E-state index contributed by atoms with van der Waals surface area (Å²) in [5.74, 6) is -0.674. The predicted molar refractivity (Wildman–Crippen MR) is 368 cm³/mol. The highest BCUT2D eigenvalue weighted by molar-refractivity contribution is 7.47. The maximum absolute atomic E-state index is 13.0. The second-order valence-corrected chi connectivity index (χ2v) is 29.6. The van der Waals surface area contributed by atoms with E-state index in [1.807, 2.05) is 0 Å². The number of carbonyl (C=O) groups is 4. The third kappa shape index (κ3) is 65.1. The minimum Gasteiger partial charge on any atom is -0.462 e. The van der Waals surface area contributed by atoms with Gasteiger partial charge in [-0.25, -0.2) is 9.13 Å². The van der Waals surface area contributed by atoms with Crippen molar-refractivity contribution in [2.75, 3.05) is 39.6 Å². The molecule has 0 amide bonds. The SMILES string of the molecule is CCCCCCCCCCCCCCCCCCCC(=O)O[C@H](COC(=O)CCCCCCCCCCCCCCC)COP(=O)(O)OC[C@@H](O)COP(=O)(O)OC[C@@H](COC(=O)CCCCCCCCC(C)CC)OC(=O)CCCCCCCCCCC(C)C. The van der Waals surface area contributed by atoms with Gasteiger partial charge in [0.2, 0.25) is 0 Å². The molecule has 0 fully saturated rings. The number of phosphoric ester groups is 2. The molecule has 3 unspecified atom stereocenters. The van der Waals surface area contributed by atoms with Crippen molar-refractivity contribution in [2.24, 2.45) is 11.8 Å². The van der Waals surface area contributed by atoms with E-state index >= 15 is 0 Å². The van der Waals surface area contributed by atoms with Crippen LogP contribution < -0.4 is 0 Å². The molecule has 6 atom stereocenters. The molecule has 0 aliphatic carbocycles. The fraction of sp³-hybridized carbons (Fsp3) is 0.944. The van der Waals surface area contributed by atoms with Crippen molar-refractivity contribution in [2.45, 2.75) is 387 Å². The van der Waals surface area contributed by atoms with Crippen LogP contribution in [0.3, 0.4) is 0 Å². The summed E-state index contributed by atoms with van der Waals surface area (Å²) in [4.78, 5) is 72.6. The van der Waals surface area contributed by atoms with Gasteiger partial charge in [-0.05, 0) is 37.5 Å². The van der Waals surface area contributed by atoms with Gasteiger partial charge in [-0.15, -0.1) is 0 Å². The van der Waals surface area contributed by atoms with Crippen molar-refractivity contribution in [3.63, 3.8) is 0 Å². The van der Waals surface area contributed by atoms with E-state index in [4.69, 9.17) is 37.0 Å². The van der Waals surface area contributed by atoms with Gasteiger partial charge >= 0.3 is 39.5 Å². The summed E-state index contributed by atoms with van der Waals surface area (Å²) in [5, 5.41) is 10.6. The molecule has 0 aromatic carbocycles. The molecular weight excluding hydrogens is 1200 g/mol. The highest BCUT2D eigenvalue weighted by atomic mass is 31.2. The van der Waals surface area contributed by atoms with Crippen molar-refractivity contribution in [3.05, 3.63) is 0 Å². The van der Waals surface area contributed by atoms with Crippen LogP contribution in [-0.2, 0) is 65.4 Å². The molecule has 0 aromatic rings. The Kier molecular flexibility index (Phi) is 62.7. The van der Waals surface area contributed by atoms with E-state index in [0.717, 1.165) is 108 Å². The van der Waals surface area contributed by atoms with Gasteiger partial charge in [0.25, 0.3) is 0 Å². The molecule has 0 spiro atoms. The fourth-order valence-corrected chi connectivity index (χ4v) is 12.5. The van der Waals surface area contributed by atoms with Gasteiger partial charge in [-0.2, -0.15) is 0 Å². The van der Waals surface area contributed by atoms with Crippen LogP contribution >= 0.6 is 15.6 Å². The van der Waals surface area contributed by atoms with Gasteiger partial charge in [-0.3, -0.25) is 37.3 Å². The lowest BCUT2D eigenvalue weighted by atomic mass is 10.00. The smallest absolute Gasteiger partial charge is 0.462 e. The number of hydrogen-bond acceptors (Lipinski definition) is 15. The van der Waals surface area contributed by atoms with E-state index in [-0.39, 0.29) is 25.7 Å². The molecule has 0 heterocycles. The number of ether oxygens (including phenoxy) is 4. The number of carbonyl (C=O) groups excluding carboxylic acids is 4. The normalized spacial score (nSPS) is 14.4. The molecule has 0 aromatic heterocycles. The molecule has 0 saturated heterocycles. The summed E-state index contributed by atoms with van der Waals surface area (Å²) >= 11 is 0. The van der Waals surface area contributed by atoms with E-state index < -0.39 is 97.5 Å². The molecule has 540 valence electrons. The zero-order chi connectivity index (χ0) is 67.2. The van der Waals surface area contributed by atoms with E-state index in [2.05, 4.69) is 41.5 Å². The second-order valence-electron chi connectivity index (χ2n) is 26.7. The average molecular weight is 1340 g/mol. The molecule has 0 aliphatic heterocycles. The van der Waals surface area contributed by atoms with Crippen LogP contribution in [0.5, 0.6) is 0 Å². The molecular formula is C72H140O17P2. The largest absolute Gasteiger partial charge is 0.472 e. The summed E-state index contributed by atoms with van der Waals surface area (Å²) in [5.41, 5.74) is 0. The second kappa shape index (κ2) is 64.1. The zero-order valence-corrected chi connectivity index (χ0v) is 60.9. The number of aliphatic hydroxyl groups is 1. The molecule has 17 nitrogen and oxygen atoms in total. The van der Waals surface area contributed by atoms with E-state index in [1.54, 1.807) is 0 Å². The Morgan fingerprint density at radius 3 is 0.835 bits per heavy atom. The topological polar surface area (TPSA) is 237 Å². The van der Waals surface area contributed by atoms with Crippen molar-refractivity contribution >= 4 is 39.5 Å². The van der Waals surface area contributed by atoms with Crippen LogP contribution in [0.1, 0.15) is 369 Å². The van der Waals surface area contributed by atoms with Crippen LogP contribution in [0.4, 0.5) is 0 Å². The van der Waals surface area contributed by atoms with Crippen LogP contribution in [0.2, 0.25) is 0 Å². The number of esters is 4. The molecule has 0 aliphatic rings. The van der Waals surface area contributed by atoms with E-state index in [9.17, 15) is 43.2 Å². The standard InChI is InChI=1S/C72H140O17P2/c1-7-10-12-14-16-18-20-22-23-24-25-27-29-31-36-44-50-56-71(76)88-67(60-82-69(74)54-48-42-35-30-28-26-21-19-17-15-13-11-8-2)62-86-90(78,79)84-58-66(73)59-85-91(80,81)87-63-68(61-83-70(75)55-49-43-39-38-41-47-53-65(6)9-3)89-72(77)57-51-45-37-33-32-34-40-46-52-64(4)5/h64-68,73H,7-63H2,1-6H3,(H,78,79)(H,80,81)/t65?,66-,67-,68-/m1/s1. The summed E-state index contributed by atoms with van der Waals surface area (Å²) in [6.45, 7) is 9.49. The summed E-state index contributed by atoms with van der Waals surface area (Å²) in [7, 11) is -9.90. The monoisotopic (exact) mass is 1340 g/mol. The Bertz CT molecular complexity index is 1770. The molecule has 0 rings (SSSR count). The van der Waals surface area contributed by atoms with Gasteiger partial charge in [0.1, 0.15) is 19.3 Å². The number of hydrogen-bond donors (Lipinski definition) is 3. The first-order valence-electron chi connectivity index (χ1n) is 37.5. The van der Waals surface area contributed by atoms with Gasteiger partial charge in [-0.1, -0.05) is 318 Å². The van der Waals surface area contributed by atoms with Gasteiger partial charge in [0.15, 0.2) is 12.2 Å². The first-order valence-corrected chi connectivity index (χ1v) is 40.5. The predicted octanol–water partition coefficient (Wildman–Crippen LogP) is 20.8. The van der Waals surface area contributed by atoms with Gasteiger partial charge in [0.05, 0.1) is 26.4 Å². The number of rotatable bonds is 71. The Morgan fingerprint density at radius 2 is 0.560 bits per heavy atom. The lowest BCUT2D eigenvalue weighted by Gasteiger charge is -2.21. The molecule has 3 N–H and O–H groups in total. The fourth-order valence-electron chi connectivity index (χ4n) is 10.9. The van der Waals surface area contributed by atoms with Crippen molar-refractivity contribution in [3.8, 4) is 0 Å². The number of phosphoric acid groups is 2. The first-order chi connectivity index (χ1) is 43.9. The Hall–Kier alpha value is -1.94. The molecule has 0 radical (unpaired) electrons. The van der Waals surface area contributed by atoms with Crippen LogP contribution in [0, 0.1) is 11.8 Å². The van der Waals surface area contributed by atoms with Crippen LogP contribution in [-0.4, -0.2) is 96.7 Å². The maximum Gasteiger partial charge on any atom is 0.472 e. The highest BCUT2D eigenvalue weighted by Gasteiger charge is 2.30. The highest BCUT2D eigenvalue weighted by Crippen LogP contribution is 2.45. The third-order valence-electron chi connectivity index (χ3n) is 17.1. The summed E-state index contributed by atoms with van der Waals surface area (Å²) in [6, 6.07) is 0. The number of unbranched alkanes of at least 4 members (excludes halogenated alkanes) is 40. The quantitative estimate of drug-likeness (QED) is 0.0222. The van der Waals surface area contributed by atoms with Gasteiger partial charge in [0, 0.05) is 25.7 Å². The molecule has 19 heteroatoms. The zero-order valence-electron chi connectivity index (χ0n) is 59.1. The van der Waals surface area contributed by atoms with Crippen LogP contribution in [0.15, 0.2) is 0 Å². The van der Waals surface area contributed by atoms with Crippen molar-refractivity contribution in [1.82, 2.24) is 0 Å². The minimum atomic E-state index is -4.95.